The second kappa shape index (κ2) is 5.91. The van der Waals surface area contributed by atoms with Gasteiger partial charge in [0.1, 0.15) is 0 Å². The minimum absolute atomic E-state index is 0.202. The third kappa shape index (κ3) is 3.26. The van der Waals surface area contributed by atoms with E-state index in [1.54, 1.807) is 12.4 Å². The lowest BCUT2D eigenvalue weighted by atomic mass is 9.95. The quantitative estimate of drug-likeness (QED) is 0.792. The molecule has 1 fully saturated rings. The van der Waals surface area contributed by atoms with Crippen LogP contribution < -0.4 is 0 Å². The molecule has 1 aliphatic rings. The molecule has 1 aliphatic heterocycles. The van der Waals surface area contributed by atoms with Gasteiger partial charge >= 0.3 is 0 Å². The second-order valence-electron chi connectivity index (χ2n) is 5.05. The van der Waals surface area contributed by atoms with Crippen molar-refractivity contribution >= 4 is 5.91 Å². The molecule has 0 aliphatic carbocycles. The summed E-state index contributed by atoms with van der Waals surface area (Å²) >= 11 is 0. The predicted octanol–water partition coefficient (Wildman–Crippen LogP) is 0.744. The Morgan fingerprint density at radius 3 is 3.00 bits per heavy atom. The van der Waals surface area contributed by atoms with Gasteiger partial charge in [0.25, 0.3) is 0 Å². The molecule has 2 heterocycles. The second-order valence-corrected chi connectivity index (χ2v) is 5.05. The molecule has 0 unspecified atom stereocenters. The zero-order chi connectivity index (χ0) is 13.0. The molecule has 0 saturated carbocycles. The zero-order valence-electron chi connectivity index (χ0n) is 11.0. The maximum Gasteiger partial charge on any atom is 0.236 e. The van der Waals surface area contributed by atoms with Gasteiger partial charge in [-0.15, -0.1) is 0 Å². The molecule has 1 saturated heterocycles. The number of rotatable bonds is 3. The summed E-state index contributed by atoms with van der Waals surface area (Å²) in [6.45, 7) is 2.11. The van der Waals surface area contributed by atoms with Crippen molar-refractivity contribution < 1.29 is 4.79 Å². The Morgan fingerprint density at radius 2 is 2.33 bits per heavy atom. The third-order valence-corrected chi connectivity index (χ3v) is 3.23. The summed E-state index contributed by atoms with van der Waals surface area (Å²) in [5.74, 6) is 0.534. The number of carbonyl (C=O) groups is 1. The number of nitrogens with zero attached hydrogens (tertiary/aromatic N) is 4. The minimum atomic E-state index is 0.202. The Labute approximate surface area is 108 Å². The van der Waals surface area contributed by atoms with Gasteiger partial charge in [-0.3, -0.25) is 14.8 Å². The molecule has 0 N–H and O–H groups in total. The number of likely N-dealkylation sites (N-methyl/N-ethyl adjacent to an activating group) is 1. The van der Waals surface area contributed by atoms with Gasteiger partial charge in [0.15, 0.2) is 0 Å². The smallest absolute Gasteiger partial charge is 0.236 e. The molecule has 0 radical (unpaired) electrons. The topological polar surface area (TPSA) is 49.3 Å². The van der Waals surface area contributed by atoms with Crippen molar-refractivity contribution in [3.63, 3.8) is 0 Å². The summed E-state index contributed by atoms with van der Waals surface area (Å²) in [5.41, 5.74) is 1.000. The maximum atomic E-state index is 12.0. The van der Waals surface area contributed by atoms with E-state index in [0.29, 0.717) is 12.5 Å². The first-order chi connectivity index (χ1) is 8.66. The van der Waals surface area contributed by atoms with Crippen molar-refractivity contribution in [2.75, 3.05) is 33.7 Å². The van der Waals surface area contributed by atoms with E-state index in [-0.39, 0.29) is 5.91 Å². The lowest BCUT2D eigenvalue weighted by molar-refractivity contribution is -0.133. The number of amides is 1. The van der Waals surface area contributed by atoms with Crippen LogP contribution in [0.4, 0.5) is 0 Å². The standard InChI is InChI=1S/C13H20N4O/c1-16(2)10-13(18)17-7-3-4-11(9-17)12-8-14-5-6-15-12/h5-6,8,11H,3-4,7,9-10H2,1-2H3/t11-/m0/s1. The number of likely N-dealkylation sites (tertiary alicyclic amines) is 1. The van der Waals surface area contributed by atoms with Crippen LogP contribution >= 0.6 is 0 Å². The highest BCUT2D eigenvalue weighted by Gasteiger charge is 2.25. The largest absolute Gasteiger partial charge is 0.341 e. The first kappa shape index (κ1) is 13.0. The van der Waals surface area contributed by atoms with E-state index in [9.17, 15) is 4.79 Å². The SMILES string of the molecule is CN(C)CC(=O)N1CCC[C@H](c2cnccn2)C1. The number of aromatic nitrogens is 2. The number of hydrogen-bond acceptors (Lipinski definition) is 4. The van der Waals surface area contributed by atoms with Crippen molar-refractivity contribution in [3.8, 4) is 0 Å². The third-order valence-electron chi connectivity index (χ3n) is 3.23. The molecule has 0 bridgehead atoms. The molecule has 0 spiro atoms. The predicted molar refractivity (Wildman–Crippen MR) is 69.1 cm³/mol. The summed E-state index contributed by atoms with van der Waals surface area (Å²) in [4.78, 5) is 24.3. The van der Waals surface area contributed by atoms with Crippen LogP contribution in [0.25, 0.3) is 0 Å². The summed E-state index contributed by atoms with van der Waals surface area (Å²) in [6.07, 6.45) is 7.34. The molecule has 5 nitrogen and oxygen atoms in total. The van der Waals surface area contributed by atoms with E-state index >= 15 is 0 Å². The number of hydrogen-bond donors (Lipinski definition) is 0. The van der Waals surface area contributed by atoms with Crippen LogP contribution in [-0.4, -0.2) is 59.4 Å². The average Bonchev–Trinajstić information content (AvgIpc) is 2.39. The van der Waals surface area contributed by atoms with Gasteiger partial charge in [0.05, 0.1) is 12.2 Å². The summed E-state index contributed by atoms with van der Waals surface area (Å²) in [7, 11) is 3.84. The highest BCUT2D eigenvalue weighted by Crippen LogP contribution is 2.24. The Kier molecular flexibility index (Phi) is 4.25. The minimum Gasteiger partial charge on any atom is -0.341 e. The fraction of sp³-hybridized carbons (Fsp3) is 0.615. The lowest BCUT2D eigenvalue weighted by Gasteiger charge is -2.33. The normalized spacial score (nSPS) is 20.2. The molecule has 1 aromatic heterocycles. The first-order valence-electron chi connectivity index (χ1n) is 6.35. The van der Waals surface area contributed by atoms with Gasteiger partial charge in [-0.25, -0.2) is 0 Å². The van der Waals surface area contributed by atoms with Crippen LogP contribution in [-0.2, 0) is 4.79 Å². The van der Waals surface area contributed by atoms with E-state index in [1.165, 1.54) is 0 Å². The Morgan fingerprint density at radius 1 is 1.50 bits per heavy atom. The number of carbonyl (C=O) groups excluding carboxylic acids is 1. The highest BCUT2D eigenvalue weighted by atomic mass is 16.2. The van der Waals surface area contributed by atoms with Gasteiger partial charge in [-0.05, 0) is 26.9 Å². The zero-order valence-corrected chi connectivity index (χ0v) is 11.0. The number of piperidine rings is 1. The summed E-state index contributed by atoms with van der Waals surface area (Å²) in [6, 6.07) is 0. The fourth-order valence-corrected chi connectivity index (χ4v) is 2.34. The summed E-state index contributed by atoms with van der Waals surface area (Å²) in [5, 5.41) is 0. The molecule has 98 valence electrons. The Bertz CT molecular complexity index is 393. The molecule has 0 aromatic carbocycles. The van der Waals surface area contributed by atoms with E-state index in [1.807, 2.05) is 30.1 Å². The van der Waals surface area contributed by atoms with Crippen molar-refractivity contribution in [2.24, 2.45) is 0 Å². The maximum absolute atomic E-state index is 12.0. The summed E-state index contributed by atoms with van der Waals surface area (Å²) < 4.78 is 0. The van der Waals surface area contributed by atoms with Crippen molar-refractivity contribution in [1.29, 1.82) is 0 Å². The van der Waals surface area contributed by atoms with E-state index in [2.05, 4.69) is 9.97 Å². The molecular formula is C13H20N4O. The van der Waals surface area contributed by atoms with Crippen molar-refractivity contribution in [1.82, 2.24) is 19.8 Å². The molecule has 5 heteroatoms. The monoisotopic (exact) mass is 248 g/mol. The van der Waals surface area contributed by atoms with Crippen LogP contribution in [0.5, 0.6) is 0 Å². The Balaban J connectivity index is 1.98. The lowest BCUT2D eigenvalue weighted by Crippen LogP contribution is -2.43. The van der Waals surface area contributed by atoms with Crippen molar-refractivity contribution in [3.05, 3.63) is 24.3 Å². The van der Waals surface area contributed by atoms with E-state index in [0.717, 1.165) is 31.6 Å². The molecule has 2 rings (SSSR count). The molecule has 1 amide bonds. The van der Waals surface area contributed by atoms with Crippen LogP contribution in [0.15, 0.2) is 18.6 Å². The molecule has 1 aromatic rings. The van der Waals surface area contributed by atoms with Gasteiger partial charge in [0, 0.05) is 37.6 Å². The molecule has 1 atom stereocenters. The van der Waals surface area contributed by atoms with Gasteiger partial charge in [0.2, 0.25) is 5.91 Å². The van der Waals surface area contributed by atoms with E-state index in [4.69, 9.17) is 0 Å². The molecule has 18 heavy (non-hydrogen) atoms. The van der Waals surface area contributed by atoms with Crippen LogP contribution in [0.1, 0.15) is 24.5 Å². The highest BCUT2D eigenvalue weighted by molar-refractivity contribution is 5.78. The average molecular weight is 248 g/mol. The van der Waals surface area contributed by atoms with Gasteiger partial charge in [-0.1, -0.05) is 0 Å². The van der Waals surface area contributed by atoms with Crippen LogP contribution in [0.2, 0.25) is 0 Å². The van der Waals surface area contributed by atoms with E-state index < -0.39 is 0 Å². The van der Waals surface area contributed by atoms with Crippen molar-refractivity contribution in [2.45, 2.75) is 18.8 Å². The van der Waals surface area contributed by atoms with Gasteiger partial charge in [-0.2, -0.15) is 0 Å². The first-order valence-corrected chi connectivity index (χ1v) is 6.35. The van der Waals surface area contributed by atoms with Crippen LogP contribution in [0.3, 0.4) is 0 Å². The molecular weight excluding hydrogens is 228 g/mol. The Hall–Kier alpha value is -1.49. The van der Waals surface area contributed by atoms with Gasteiger partial charge < -0.3 is 9.80 Å². The van der Waals surface area contributed by atoms with Crippen LogP contribution in [0, 0.1) is 0 Å². The fourth-order valence-electron chi connectivity index (χ4n) is 2.34.